The Morgan fingerprint density at radius 3 is 2.61 bits per heavy atom. The normalized spacial score (nSPS) is 11.8. The number of furan rings is 1. The zero-order valence-electron chi connectivity index (χ0n) is 12.6. The van der Waals surface area contributed by atoms with E-state index in [1.54, 1.807) is 19.1 Å². The van der Waals surface area contributed by atoms with E-state index >= 15 is 0 Å². The molecule has 0 spiro atoms. The van der Waals surface area contributed by atoms with Gasteiger partial charge >= 0.3 is 5.97 Å². The van der Waals surface area contributed by atoms with Crippen LogP contribution < -0.4 is 10.1 Å². The smallest absolute Gasteiger partial charge is 0.330 e. The highest BCUT2D eigenvalue weighted by Crippen LogP contribution is 2.22. The first kappa shape index (κ1) is 16.5. The molecule has 2 rings (SSSR count). The Morgan fingerprint density at radius 2 is 2.09 bits per heavy atom. The summed E-state index contributed by atoms with van der Waals surface area (Å²) < 4.78 is 23.8. The summed E-state index contributed by atoms with van der Waals surface area (Å²) in [5.41, 5.74) is 0.111. The standard InChI is InChI=1S/C16H16FNO5/c1-9-3-5-11(23-9)8-14(19)18-15(16(20)21)10-4-6-13(22-2)12(17)7-10/h3-7,15H,8H2,1-2H3,(H,18,19)(H,20,21). The lowest BCUT2D eigenvalue weighted by molar-refractivity contribution is -0.142. The quantitative estimate of drug-likeness (QED) is 0.851. The van der Waals surface area contributed by atoms with Gasteiger partial charge in [-0.05, 0) is 36.8 Å². The van der Waals surface area contributed by atoms with Crippen molar-refractivity contribution < 1.29 is 28.2 Å². The first-order valence-corrected chi connectivity index (χ1v) is 6.81. The number of aryl methyl sites for hydroxylation is 1. The van der Waals surface area contributed by atoms with Crippen LogP contribution in [-0.2, 0) is 16.0 Å². The zero-order chi connectivity index (χ0) is 17.0. The van der Waals surface area contributed by atoms with Gasteiger partial charge in [0.15, 0.2) is 17.6 Å². The molecular formula is C16H16FNO5. The average molecular weight is 321 g/mol. The van der Waals surface area contributed by atoms with E-state index in [2.05, 4.69) is 5.32 Å². The van der Waals surface area contributed by atoms with Crippen molar-refractivity contribution in [3.05, 3.63) is 53.2 Å². The average Bonchev–Trinajstić information content (AvgIpc) is 2.89. The zero-order valence-corrected chi connectivity index (χ0v) is 12.6. The second kappa shape index (κ2) is 6.95. The Kier molecular flexibility index (Phi) is 5.00. The molecule has 0 bridgehead atoms. The highest BCUT2D eigenvalue weighted by molar-refractivity contribution is 5.85. The third-order valence-corrected chi connectivity index (χ3v) is 3.19. The predicted octanol–water partition coefficient (Wildman–Crippen LogP) is 2.22. The predicted molar refractivity (Wildman–Crippen MR) is 78.6 cm³/mol. The van der Waals surface area contributed by atoms with Crippen molar-refractivity contribution in [2.45, 2.75) is 19.4 Å². The van der Waals surface area contributed by atoms with E-state index < -0.39 is 23.7 Å². The van der Waals surface area contributed by atoms with E-state index in [1.165, 1.54) is 19.2 Å². The maximum Gasteiger partial charge on any atom is 0.330 e. The fourth-order valence-corrected chi connectivity index (χ4v) is 2.10. The number of amides is 1. The van der Waals surface area contributed by atoms with Crippen LogP contribution >= 0.6 is 0 Å². The van der Waals surface area contributed by atoms with Gasteiger partial charge in [0, 0.05) is 0 Å². The minimum atomic E-state index is -1.36. The molecule has 0 aliphatic heterocycles. The van der Waals surface area contributed by atoms with Crippen molar-refractivity contribution in [3.8, 4) is 5.75 Å². The number of carboxylic acids is 1. The molecule has 1 unspecified atom stereocenters. The topological polar surface area (TPSA) is 88.8 Å². The molecule has 1 aromatic carbocycles. The number of hydrogen-bond acceptors (Lipinski definition) is 4. The SMILES string of the molecule is COc1ccc(C(NC(=O)Cc2ccc(C)o2)C(=O)O)cc1F. The minimum Gasteiger partial charge on any atom is -0.494 e. The molecule has 2 N–H and O–H groups in total. The second-order valence-corrected chi connectivity index (χ2v) is 4.92. The first-order chi connectivity index (χ1) is 10.9. The van der Waals surface area contributed by atoms with E-state index in [4.69, 9.17) is 9.15 Å². The fourth-order valence-electron chi connectivity index (χ4n) is 2.10. The summed E-state index contributed by atoms with van der Waals surface area (Å²) in [6.45, 7) is 1.74. The summed E-state index contributed by atoms with van der Waals surface area (Å²) in [6, 6.07) is 5.70. The maximum atomic E-state index is 13.7. The molecule has 0 aliphatic rings. The van der Waals surface area contributed by atoms with Gasteiger partial charge in [0.2, 0.25) is 5.91 Å². The molecule has 7 heteroatoms. The molecular weight excluding hydrogens is 305 g/mol. The van der Waals surface area contributed by atoms with Gasteiger partial charge in [0.05, 0.1) is 13.5 Å². The lowest BCUT2D eigenvalue weighted by Crippen LogP contribution is -2.34. The highest BCUT2D eigenvalue weighted by Gasteiger charge is 2.23. The van der Waals surface area contributed by atoms with Crippen molar-refractivity contribution in [1.82, 2.24) is 5.32 Å². The lowest BCUT2D eigenvalue weighted by Gasteiger charge is -2.15. The molecule has 2 aromatic rings. The van der Waals surface area contributed by atoms with Crippen molar-refractivity contribution >= 4 is 11.9 Å². The van der Waals surface area contributed by atoms with Crippen LogP contribution in [0.25, 0.3) is 0 Å². The molecule has 23 heavy (non-hydrogen) atoms. The van der Waals surface area contributed by atoms with E-state index in [0.29, 0.717) is 11.5 Å². The van der Waals surface area contributed by atoms with Gasteiger partial charge < -0.3 is 19.6 Å². The number of carbonyl (C=O) groups excluding carboxylic acids is 1. The number of halogens is 1. The van der Waals surface area contributed by atoms with Gasteiger partial charge in [0.25, 0.3) is 0 Å². The van der Waals surface area contributed by atoms with E-state index in [0.717, 1.165) is 6.07 Å². The Bertz CT molecular complexity index is 725. The molecule has 1 aromatic heterocycles. The van der Waals surface area contributed by atoms with Gasteiger partial charge in [-0.25, -0.2) is 9.18 Å². The highest BCUT2D eigenvalue weighted by atomic mass is 19.1. The molecule has 0 saturated carbocycles. The number of aliphatic carboxylic acids is 1. The van der Waals surface area contributed by atoms with Gasteiger partial charge in [-0.2, -0.15) is 0 Å². The maximum absolute atomic E-state index is 13.7. The molecule has 1 amide bonds. The van der Waals surface area contributed by atoms with Crippen LogP contribution in [0.2, 0.25) is 0 Å². The van der Waals surface area contributed by atoms with Crippen LogP contribution in [0.1, 0.15) is 23.1 Å². The van der Waals surface area contributed by atoms with Crippen LogP contribution in [0, 0.1) is 12.7 Å². The third kappa shape index (κ3) is 4.09. The van der Waals surface area contributed by atoms with Crippen LogP contribution in [0.15, 0.2) is 34.7 Å². The Balaban J connectivity index is 2.13. The number of methoxy groups -OCH3 is 1. The summed E-state index contributed by atoms with van der Waals surface area (Å²) in [4.78, 5) is 23.3. The number of carboxylic acid groups (broad SMARTS) is 1. The molecule has 122 valence electrons. The molecule has 6 nitrogen and oxygen atoms in total. The number of ether oxygens (including phenoxy) is 1. The molecule has 0 fully saturated rings. The van der Waals surface area contributed by atoms with Crippen molar-refractivity contribution in [1.29, 1.82) is 0 Å². The summed E-state index contributed by atoms with van der Waals surface area (Å²) in [6.07, 6.45) is -0.101. The summed E-state index contributed by atoms with van der Waals surface area (Å²) in [5, 5.41) is 11.6. The third-order valence-electron chi connectivity index (χ3n) is 3.19. The molecule has 1 atom stereocenters. The van der Waals surface area contributed by atoms with E-state index in [9.17, 15) is 19.1 Å². The number of rotatable bonds is 6. The van der Waals surface area contributed by atoms with Crippen LogP contribution in [-0.4, -0.2) is 24.1 Å². The van der Waals surface area contributed by atoms with Gasteiger partial charge in [-0.15, -0.1) is 0 Å². The van der Waals surface area contributed by atoms with Crippen molar-refractivity contribution in [2.24, 2.45) is 0 Å². The Morgan fingerprint density at radius 1 is 1.35 bits per heavy atom. The number of carbonyl (C=O) groups is 2. The van der Waals surface area contributed by atoms with Crippen molar-refractivity contribution in [3.63, 3.8) is 0 Å². The summed E-state index contributed by atoms with van der Waals surface area (Å²) >= 11 is 0. The van der Waals surface area contributed by atoms with E-state index in [-0.39, 0.29) is 17.7 Å². The molecule has 0 radical (unpaired) electrons. The number of hydrogen-bond donors (Lipinski definition) is 2. The summed E-state index contributed by atoms with van der Waals surface area (Å²) in [7, 11) is 1.31. The van der Waals surface area contributed by atoms with Crippen LogP contribution in [0.3, 0.4) is 0 Å². The Labute approximate surface area is 131 Å². The van der Waals surface area contributed by atoms with Gasteiger partial charge in [-0.1, -0.05) is 6.07 Å². The number of benzene rings is 1. The van der Waals surface area contributed by atoms with Gasteiger partial charge in [-0.3, -0.25) is 4.79 Å². The first-order valence-electron chi connectivity index (χ1n) is 6.81. The fraction of sp³-hybridized carbons (Fsp3) is 0.250. The van der Waals surface area contributed by atoms with Crippen LogP contribution in [0.5, 0.6) is 5.75 Å². The number of nitrogens with one attached hydrogen (secondary N) is 1. The van der Waals surface area contributed by atoms with E-state index in [1.807, 2.05) is 0 Å². The largest absolute Gasteiger partial charge is 0.494 e. The second-order valence-electron chi connectivity index (χ2n) is 4.92. The lowest BCUT2D eigenvalue weighted by atomic mass is 10.1. The minimum absolute atomic E-state index is 0.00437. The monoisotopic (exact) mass is 321 g/mol. The molecule has 0 aliphatic carbocycles. The molecule has 0 saturated heterocycles. The summed E-state index contributed by atoms with van der Waals surface area (Å²) in [5.74, 6) is -1.46. The Hall–Kier alpha value is -2.83. The van der Waals surface area contributed by atoms with Gasteiger partial charge in [0.1, 0.15) is 11.5 Å². The van der Waals surface area contributed by atoms with Crippen LogP contribution in [0.4, 0.5) is 4.39 Å². The van der Waals surface area contributed by atoms with Crippen molar-refractivity contribution in [2.75, 3.05) is 7.11 Å². The molecule has 1 heterocycles.